The molecule has 1 amide bonds. The lowest BCUT2D eigenvalue weighted by atomic mass is 10.2. The van der Waals surface area contributed by atoms with Crippen LogP contribution in [0.1, 0.15) is 39.3 Å². The summed E-state index contributed by atoms with van der Waals surface area (Å²) in [6, 6.07) is 8.80. The topological polar surface area (TPSA) is 72.5 Å². The second kappa shape index (κ2) is 8.31. The molecule has 2 aromatic rings. The molecule has 0 bridgehead atoms. The zero-order chi connectivity index (χ0) is 17.6. The van der Waals surface area contributed by atoms with Crippen LogP contribution in [0.4, 0.5) is 5.69 Å². The highest BCUT2D eigenvalue weighted by Gasteiger charge is 2.16. The molecule has 0 radical (unpaired) electrons. The van der Waals surface area contributed by atoms with Crippen molar-refractivity contribution in [3.05, 3.63) is 46.2 Å². The SMILES string of the molecule is O=C1CCSc2ccc(C(=O)OCCCC(=O)c3cccs3)cc2N1. The molecule has 0 atom stereocenters. The van der Waals surface area contributed by atoms with E-state index in [2.05, 4.69) is 5.32 Å². The highest BCUT2D eigenvalue weighted by molar-refractivity contribution is 7.99. The molecule has 1 aromatic heterocycles. The minimum atomic E-state index is -0.449. The summed E-state index contributed by atoms with van der Waals surface area (Å²) in [7, 11) is 0. The van der Waals surface area contributed by atoms with Crippen molar-refractivity contribution >= 4 is 46.4 Å². The maximum atomic E-state index is 12.1. The normalized spacial score (nSPS) is 13.5. The number of esters is 1. The lowest BCUT2D eigenvalue weighted by molar-refractivity contribution is -0.115. The zero-order valence-corrected chi connectivity index (χ0v) is 15.1. The van der Waals surface area contributed by atoms with Crippen LogP contribution in [0, 0.1) is 0 Å². The van der Waals surface area contributed by atoms with E-state index in [1.807, 2.05) is 17.5 Å². The predicted molar refractivity (Wildman–Crippen MR) is 98.6 cm³/mol. The Morgan fingerprint density at radius 2 is 2.12 bits per heavy atom. The van der Waals surface area contributed by atoms with Gasteiger partial charge in [0.05, 0.1) is 22.7 Å². The van der Waals surface area contributed by atoms with Gasteiger partial charge in [-0.05, 0) is 36.1 Å². The molecule has 1 aliphatic heterocycles. The Balaban J connectivity index is 1.51. The van der Waals surface area contributed by atoms with Gasteiger partial charge in [0.25, 0.3) is 0 Å². The number of Topliss-reactive ketones (excluding diaryl/α,β-unsaturated/α-hetero) is 1. The number of nitrogens with one attached hydrogen (secondary N) is 1. The summed E-state index contributed by atoms with van der Waals surface area (Å²) < 4.78 is 5.24. The van der Waals surface area contributed by atoms with Gasteiger partial charge in [-0.1, -0.05) is 6.07 Å². The molecule has 3 rings (SSSR count). The van der Waals surface area contributed by atoms with Crippen LogP contribution in [-0.4, -0.2) is 30.0 Å². The van der Waals surface area contributed by atoms with E-state index in [-0.39, 0.29) is 18.3 Å². The van der Waals surface area contributed by atoms with E-state index < -0.39 is 5.97 Å². The fraction of sp³-hybridized carbons (Fsp3) is 0.278. The second-order valence-corrected chi connectivity index (χ2v) is 7.58. The van der Waals surface area contributed by atoms with Crippen LogP contribution in [0.3, 0.4) is 0 Å². The average molecular weight is 375 g/mol. The maximum absolute atomic E-state index is 12.1. The van der Waals surface area contributed by atoms with Gasteiger partial charge in [0.2, 0.25) is 5.91 Å². The van der Waals surface area contributed by atoms with E-state index in [4.69, 9.17) is 4.74 Å². The van der Waals surface area contributed by atoms with E-state index in [1.54, 1.807) is 30.0 Å². The smallest absolute Gasteiger partial charge is 0.338 e. The maximum Gasteiger partial charge on any atom is 0.338 e. The molecule has 25 heavy (non-hydrogen) atoms. The third-order valence-corrected chi connectivity index (χ3v) is 5.64. The van der Waals surface area contributed by atoms with Crippen molar-refractivity contribution in [3.8, 4) is 0 Å². The summed E-state index contributed by atoms with van der Waals surface area (Å²) in [6.45, 7) is 0.189. The summed E-state index contributed by atoms with van der Waals surface area (Å²) in [6.07, 6.45) is 1.29. The van der Waals surface area contributed by atoms with Gasteiger partial charge in [-0.15, -0.1) is 23.1 Å². The molecule has 5 nitrogen and oxygen atoms in total. The van der Waals surface area contributed by atoms with Crippen molar-refractivity contribution < 1.29 is 19.1 Å². The van der Waals surface area contributed by atoms with Crippen LogP contribution in [0.5, 0.6) is 0 Å². The number of thiophene rings is 1. The molecule has 2 heterocycles. The van der Waals surface area contributed by atoms with Crippen molar-refractivity contribution in [2.75, 3.05) is 17.7 Å². The van der Waals surface area contributed by atoms with Crippen molar-refractivity contribution in [3.63, 3.8) is 0 Å². The molecule has 0 spiro atoms. The second-order valence-electron chi connectivity index (χ2n) is 5.50. The number of ketones is 1. The molecule has 1 N–H and O–H groups in total. The Kier molecular flexibility index (Phi) is 5.88. The highest BCUT2D eigenvalue weighted by Crippen LogP contribution is 2.31. The van der Waals surface area contributed by atoms with Crippen LogP contribution in [0.15, 0.2) is 40.6 Å². The lowest BCUT2D eigenvalue weighted by Crippen LogP contribution is -2.12. The molecule has 0 saturated heterocycles. The Labute approximate surface area is 153 Å². The van der Waals surface area contributed by atoms with Gasteiger partial charge in [-0.2, -0.15) is 0 Å². The monoisotopic (exact) mass is 375 g/mol. The van der Waals surface area contributed by atoms with E-state index >= 15 is 0 Å². The van der Waals surface area contributed by atoms with Crippen molar-refractivity contribution in [1.29, 1.82) is 0 Å². The number of hydrogen-bond donors (Lipinski definition) is 1. The van der Waals surface area contributed by atoms with Gasteiger partial charge in [0.15, 0.2) is 5.78 Å². The van der Waals surface area contributed by atoms with E-state index in [0.717, 1.165) is 15.5 Å². The van der Waals surface area contributed by atoms with Crippen molar-refractivity contribution in [1.82, 2.24) is 0 Å². The first-order valence-corrected chi connectivity index (χ1v) is 9.80. The number of benzene rings is 1. The largest absolute Gasteiger partial charge is 0.462 e. The van der Waals surface area contributed by atoms with Crippen molar-refractivity contribution in [2.24, 2.45) is 0 Å². The number of carbonyl (C=O) groups excluding carboxylic acids is 3. The average Bonchev–Trinajstić information content (AvgIpc) is 3.07. The van der Waals surface area contributed by atoms with E-state index in [0.29, 0.717) is 30.5 Å². The van der Waals surface area contributed by atoms with Crippen molar-refractivity contribution in [2.45, 2.75) is 24.2 Å². The van der Waals surface area contributed by atoms with Crippen LogP contribution in [0.25, 0.3) is 0 Å². The highest BCUT2D eigenvalue weighted by atomic mass is 32.2. The number of anilines is 1. The molecule has 7 heteroatoms. The van der Waals surface area contributed by atoms with Gasteiger partial charge >= 0.3 is 5.97 Å². The van der Waals surface area contributed by atoms with Crippen LogP contribution in [0.2, 0.25) is 0 Å². The number of amides is 1. The number of rotatable bonds is 6. The standard InChI is InChI=1S/C18H17NO4S2/c20-14(16-4-2-9-24-16)3-1-8-23-18(22)12-5-6-15-13(11-12)19-17(21)7-10-25-15/h2,4-6,9,11H,1,3,7-8,10H2,(H,19,21). The molecular weight excluding hydrogens is 358 g/mol. The summed E-state index contributed by atoms with van der Waals surface area (Å²) in [5.74, 6) is 0.288. The molecule has 130 valence electrons. The molecule has 1 aromatic carbocycles. The summed E-state index contributed by atoms with van der Waals surface area (Å²) in [5, 5.41) is 4.67. The van der Waals surface area contributed by atoms with Gasteiger partial charge < -0.3 is 10.1 Å². The van der Waals surface area contributed by atoms with Crippen LogP contribution >= 0.6 is 23.1 Å². The fourth-order valence-electron chi connectivity index (χ4n) is 2.39. The number of ether oxygens (including phenoxy) is 1. The quantitative estimate of drug-likeness (QED) is 0.469. The van der Waals surface area contributed by atoms with E-state index in [9.17, 15) is 14.4 Å². The fourth-order valence-corrected chi connectivity index (χ4v) is 4.02. The Morgan fingerprint density at radius 1 is 1.24 bits per heavy atom. The molecular formula is C18H17NO4S2. The third kappa shape index (κ3) is 4.70. The van der Waals surface area contributed by atoms with Gasteiger partial charge in [-0.3, -0.25) is 9.59 Å². The number of carbonyl (C=O) groups is 3. The first-order valence-electron chi connectivity index (χ1n) is 7.94. The predicted octanol–water partition coefficient (Wildman–Crippen LogP) is 4.00. The first-order chi connectivity index (χ1) is 12.1. The zero-order valence-electron chi connectivity index (χ0n) is 13.4. The third-order valence-electron chi connectivity index (χ3n) is 3.65. The van der Waals surface area contributed by atoms with Crippen LogP contribution in [-0.2, 0) is 9.53 Å². The molecule has 0 unspecified atom stereocenters. The van der Waals surface area contributed by atoms with Gasteiger partial charge in [-0.25, -0.2) is 4.79 Å². The Morgan fingerprint density at radius 3 is 2.92 bits per heavy atom. The van der Waals surface area contributed by atoms with Gasteiger partial charge in [0.1, 0.15) is 0 Å². The van der Waals surface area contributed by atoms with Crippen LogP contribution < -0.4 is 5.32 Å². The summed E-state index contributed by atoms with van der Waals surface area (Å²) in [4.78, 5) is 37.3. The number of fused-ring (bicyclic) bond motifs is 1. The Hall–Kier alpha value is -2.12. The van der Waals surface area contributed by atoms with Gasteiger partial charge in [0, 0.05) is 23.5 Å². The Bertz CT molecular complexity index is 786. The molecule has 1 aliphatic rings. The first kappa shape index (κ1) is 17.7. The lowest BCUT2D eigenvalue weighted by Gasteiger charge is -2.09. The minimum Gasteiger partial charge on any atom is -0.462 e. The summed E-state index contributed by atoms with van der Waals surface area (Å²) in [5.41, 5.74) is 1.04. The minimum absolute atomic E-state index is 0.0520. The number of thioether (sulfide) groups is 1. The number of hydrogen-bond acceptors (Lipinski definition) is 6. The summed E-state index contributed by atoms with van der Waals surface area (Å²) >= 11 is 3.00. The molecule has 0 fully saturated rings. The molecule has 0 saturated carbocycles. The molecule has 0 aliphatic carbocycles. The van der Waals surface area contributed by atoms with E-state index in [1.165, 1.54) is 11.3 Å².